The molecule has 3 aromatic rings. The van der Waals surface area contributed by atoms with Gasteiger partial charge in [0.15, 0.2) is 0 Å². The molecule has 2 aromatic carbocycles. The number of carbonyl (C=O) groups is 3. The molecular formula is C23H22N4O6. The fourth-order valence-corrected chi connectivity index (χ4v) is 3.75. The highest BCUT2D eigenvalue weighted by molar-refractivity contribution is 6.01. The Morgan fingerprint density at radius 2 is 1.67 bits per heavy atom. The summed E-state index contributed by atoms with van der Waals surface area (Å²) in [6, 6.07) is 15.8. The van der Waals surface area contributed by atoms with E-state index in [4.69, 9.17) is 4.74 Å². The van der Waals surface area contributed by atoms with Crippen molar-refractivity contribution < 1.29 is 28.9 Å². The fraction of sp³-hybridized carbons (Fsp3) is 0.261. The maximum atomic E-state index is 12.5. The number of rotatable bonds is 7. The quantitative estimate of drug-likeness (QED) is 0.497. The first kappa shape index (κ1) is 22.0. The van der Waals surface area contributed by atoms with Crippen LogP contribution in [0.3, 0.4) is 0 Å². The number of fused-ring (bicyclic) bond motifs is 3. The van der Waals surface area contributed by atoms with E-state index in [1.165, 1.54) is 6.92 Å². The first-order chi connectivity index (χ1) is 15.8. The molecule has 1 atom stereocenters. The number of nitrogens with one attached hydrogen (secondary N) is 2. The molecule has 4 rings (SSSR count). The van der Waals surface area contributed by atoms with Gasteiger partial charge in [-0.25, -0.2) is 14.2 Å². The number of aliphatic carboxylic acids is 1. The monoisotopic (exact) mass is 450 g/mol. The Kier molecular flexibility index (Phi) is 5.82. The average molecular weight is 450 g/mol. The molecule has 0 radical (unpaired) electrons. The molecule has 10 nitrogen and oxygen atoms in total. The second-order valence-corrected chi connectivity index (χ2v) is 7.86. The zero-order valence-electron chi connectivity index (χ0n) is 18.0. The van der Waals surface area contributed by atoms with Crippen LogP contribution in [-0.4, -0.2) is 45.5 Å². The van der Waals surface area contributed by atoms with Crippen LogP contribution >= 0.6 is 0 Å². The number of hydrogen-bond acceptors (Lipinski definition) is 7. The third-order valence-corrected chi connectivity index (χ3v) is 5.84. The lowest BCUT2D eigenvalue weighted by Gasteiger charge is -2.23. The van der Waals surface area contributed by atoms with Crippen LogP contribution in [0, 0.1) is 0 Å². The summed E-state index contributed by atoms with van der Waals surface area (Å²) >= 11 is 0. The molecule has 170 valence electrons. The Labute approximate surface area is 188 Å². The predicted molar refractivity (Wildman–Crippen MR) is 117 cm³/mol. The molecule has 0 aliphatic heterocycles. The van der Waals surface area contributed by atoms with Crippen molar-refractivity contribution in [3.8, 4) is 11.1 Å². The lowest BCUT2D eigenvalue weighted by molar-refractivity contribution is -0.143. The van der Waals surface area contributed by atoms with Gasteiger partial charge in [0, 0.05) is 5.92 Å². The maximum Gasteiger partial charge on any atom is 0.412 e. The van der Waals surface area contributed by atoms with E-state index in [0.29, 0.717) is 0 Å². The zero-order valence-corrected chi connectivity index (χ0v) is 18.0. The van der Waals surface area contributed by atoms with Crippen LogP contribution in [0.25, 0.3) is 11.1 Å². The third-order valence-electron chi connectivity index (χ3n) is 5.84. The van der Waals surface area contributed by atoms with E-state index in [0.717, 1.165) is 22.3 Å². The minimum absolute atomic E-state index is 0.0690. The second kappa shape index (κ2) is 8.73. The molecule has 1 aliphatic rings. The van der Waals surface area contributed by atoms with Gasteiger partial charge in [-0.1, -0.05) is 55.5 Å². The minimum atomic E-state index is -1.52. The number of carbonyl (C=O) groups excluding carboxylic acids is 2. The molecule has 0 saturated heterocycles. The first-order valence-electron chi connectivity index (χ1n) is 10.3. The highest BCUT2D eigenvalue weighted by Crippen LogP contribution is 2.44. The van der Waals surface area contributed by atoms with Crippen molar-refractivity contribution >= 4 is 23.8 Å². The van der Waals surface area contributed by atoms with Gasteiger partial charge in [0.25, 0.3) is 5.91 Å². The van der Waals surface area contributed by atoms with Crippen LogP contribution in [0.1, 0.15) is 47.8 Å². The summed E-state index contributed by atoms with van der Waals surface area (Å²) in [7, 11) is 0. The van der Waals surface area contributed by atoms with Crippen molar-refractivity contribution in [3.05, 3.63) is 65.4 Å². The SMILES string of the molecule is CCC(C)(NC(=O)c1nonc1NC(=O)OCC1c2ccccc2-c2ccccc21)C(=O)O. The van der Waals surface area contributed by atoms with Gasteiger partial charge in [0.2, 0.25) is 11.5 Å². The summed E-state index contributed by atoms with van der Waals surface area (Å²) in [5.41, 5.74) is 2.43. The summed E-state index contributed by atoms with van der Waals surface area (Å²) in [6.45, 7) is 3.05. The number of nitrogens with zero attached hydrogens (tertiary/aromatic N) is 2. The molecular weight excluding hydrogens is 428 g/mol. The van der Waals surface area contributed by atoms with Crippen LogP contribution in [0.15, 0.2) is 53.2 Å². The topological polar surface area (TPSA) is 144 Å². The molecule has 1 heterocycles. The van der Waals surface area contributed by atoms with E-state index in [-0.39, 0.29) is 30.5 Å². The normalized spacial score (nSPS) is 14.0. The average Bonchev–Trinajstić information content (AvgIpc) is 3.40. The Hall–Kier alpha value is -4.21. The molecule has 3 N–H and O–H groups in total. The molecule has 10 heteroatoms. The van der Waals surface area contributed by atoms with Gasteiger partial charge >= 0.3 is 12.1 Å². The van der Waals surface area contributed by atoms with Crippen LogP contribution in [0.4, 0.5) is 10.6 Å². The molecule has 0 spiro atoms. The lowest BCUT2D eigenvalue weighted by Crippen LogP contribution is -2.51. The van der Waals surface area contributed by atoms with Crippen LogP contribution in [-0.2, 0) is 9.53 Å². The summed E-state index contributed by atoms with van der Waals surface area (Å²) in [5.74, 6) is -2.46. The predicted octanol–water partition coefficient (Wildman–Crippen LogP) is 3.41. The highest BCUT2D eigenvalue weighted by atomic mass is 16.6. The number of hydrogen-bond donors (Lipinski definition) is 3. The number of ether oxygens (including phenoxy) is 1. The minimum Gasteiger partial charge on any atom is -0.480 e. The van der Waals surface area contributed by atoms with Gasteiger partial charge in [-0.15, -0.1) is 0 Å². The molecule has 0 bridgehead atoms. The summed E-state index contributed by atoms with van der Waals surface area (Å²) in [4.78, 5) is 36.4. The van der Waals surface area contributed by atoms with E-state index in [1.807, 2.05) is 48.5 Å². The Morgan fingerprint density at radius 3 is 2.24 bits per heavy atom. The highest BCUT2D eigenvalue weighted by Gasteiger charge is 2.35. The standard InChI is InChI=1S/C23H22N4O6/c1-3-23(2,21(29)30)25-20(28)18-19(27-33-26-18)24-22(31)32-12-17-15-10-6-4-8-13(15)14-9-5-7-11-16(14)17/h4-11,17H,3,12H2,1-2H3,(H,25,28)(H,29,30)(H,24,27,31). The molecule has 33 heavy (non-hydrogen) atoms. The summed E-state index contributed by atoms with van der Waals surface area (Å²) < 4.78 is 9.99. The van der Waals surface area contributed by atoms with Gasteiger partial charge in [-0.3, -0.25) is 10.1 Å². The van der Waals surface area contributed by atoms with Crippen molar-refractivity contribution in [1.29, 1.82) is 0 Å². The van der Waals surface area contributed by atoms with Gasteiger partial charge in [0.1, 0.15) is 12.1 Å². The lowest BCUT2D eigenvalue weighted by atomic mass is 9.98. The van der Waals surface area contributed by atoms with E-state index < -0.39 is 23.5 Å². The van der Waals surface area contributed by atoms with Crippen molar-refractivity contribution in [2.75, 3.05) is 11.9 Å². The molecule has 1 aliphatic carbocycles. The van der Waals surface area contributed by atoms with Crippen molar-refractivity contribution in [2.45, 2.75) is 31.7 Å². The molecule has 1 aromatic heterocycles. The number of carboxylic acids is 1. The largest absolute Gasteiger partial charge is 0.480 e. The summed E-state index contributed by atoms with van der Waals surface area (Å²) in [6.07, 6.45) is -0.716. The maximum absolute atomic E-state index is 12.5. The second-order valence-electron chi connectivity index (χ2n) is 7.86. The van der Waals surface area contributed by atoms with Crippen molar-refractivity contribution in [2.24, 2.45) is 0 Å². The van der Waals surface area contributed by atoms with Gasteiger partial charge < -0.3 is 15.2 Å². The smallest absolute Gasteiger partial charge is 0.412 e. The van der Waals surface area contributed by atoms with Crippen molar-refractivity contribution in [3.63, 3.8) is 0 Å². The van der Waals surface area contributed by atoms with E-state index in [9.17, 15) is 19.5 Å². The number of carboxylic acid groups (broad SMARTS) is 1. The van der Waals surface area contributed by atoms with Crippen LogP contribution in [0.5, 0.6) is 0 Å². The Bertz CT molecular complexity index is 1180. The van der Waals surface area contributed by atoms with E-state index in [1.54, 1.807) is 6.92 Å². The third kappa shape index (κ3) is 4.14. The summed E-state index contributed by atoms with van der Waals surface area (Å²) in [5, 5.41) is 21.1. The number of anilines is 1. The number of benzene rings is 2. The van der Waals surface area contributed by atoms with Crippen LogP contribution < -0.4 is 10.6 Å². The zero-order chi connectivity index (χ0) is 23.6. The molecule has 1 unspecified atom stereocenters. The fourth-order valence-electron chi connectivity index (χ4n) is 3.75. The first-order valence-corrected chi connectivity index (χ1v) is 10.3. The van der Waals surface area contributed by atoms with Crippen LogP contribution in [0.2, 0.25) is 0 Å². The number of aromatic nitrogens is 2. The van der Waals surface area contributed by atoms with Gasteiger partial charge in [-0.05, 0) is 45.9 Å². The van der Waals surface area contributed by atoms with E-state index in [2.05, 4.69) is 25.6 Å². The van der Waals surface area contributed by atoms with Gasteiger partial charge in [0.05, 0.1) is 0 Å². The Balaban J connectivity index is 1.44. The molecule has 0 fully saturated rings. The number of amides is 2. The van der Waals surface area contributed by atoms with Crippen molar-refractivity contribution in [1.82, 2.24) is 15.6 Å². The van der Waals surface area contributed by atoms with E-state index >= 15 is 0 Å². The van der Waals surface area contributed by atoms with Gasteiger partial charge in [-0.2, -0.15) is 0 Å². The Morgan fingerprint density at radius 1 is 1.06 bits per heavy atom. The molecule has 2 amide bonds. The molecule has 0 saturated carbocycles.